The molecule has 154 valence electrons. The minimum Gasteiger partial charge on any atom is -0.497 e. The van der Waals surface area contributed by atoms with Crippen molar-refractivity contribution in [1.82, 2.24) is 4.90 Å². The van der Waals surface area contributed by atoms with Crippen molar-refractivity contribution < 1.29 is 23.8 Å². The number of methoxy groups -OCH3 is 3. The maximum absolute atomic E-state index is 12.6. The molecule has 0 saturated heterocycles. The molecule has 0 saturated carbocycles. The number of benzene rings is 2. The van der Waals surface area contributed by atoms with E-state index in [-0.39, 0.29) is 18.6 Å². The fourth-order valence-electron chi connectivity index (χ4n) is 3.27. The molecule has 0 radical (unpaired) electrons. The van der Waals surface area contributed by atoms with Crippen LogP contribution in [0.5, 0.6) is 11.5 Å². The third-order valence-electron chi connectivity index (χ3n) is 4.70. The van der Waals surface area contributed by atoms with E-state index in [9.17, 15) is 4.79 Å². The minimum absolute atomic E-state index is 0.0108. The van der Waals surface area contributed by atoms with Crippen LogP contribution in [0.4, 0.5) is 0 Å². The monoisotopic (exact) mass is 398 g/mol. The second kappa shape index (κ2) is 9.93. The highest BCUT2D eigenvalue weighted by Gasteiger charge is 2.28. The SMILES string of the molecule is COCC(=O)N(Cc1cccc(OC)c1)CC1CC(c2ccccc2OC)=NO1. The van der Waals surface area contributed by atoms with E-state index in [1.807, 2.05) is 48.5 Å². The zero-order chi connectivity index (χ0) is 20.6. The van der Waals surface area contributed by atoms with E-state index in [2.05, 4.69) is 5.16 Å². The van der Waals surface area contributed by atoms with Crippen LogP contribution < -0.4 is 9.47 Å². The maximum atomic E-state index is 12.6. The van der Waals surface area contributed by atoms with Gasteiger partial charge < -0.3 is 23.9 Å². The van der Waals surface area contributed by atoms with Gasteiger partial charge in [-0.3, -0.25) is 4.79 Å². The Labute approximate surface area is 170 Å². The molecule has 7 nitrogen and oxygen atoms in total. The molecule has 0 aliphatic carbocycles. The average Bonchev–Trinajstić information content (AvgIpc) is 3.22. The molecule has 1 heterocycles. The molecule has 0 fully saturated rings. The van der Waals surface area contributed by atoms with Crippen LogP contribution in [0.1, 0.15) is 17.5 Å². The summed E-state index contributed by atoms with van der Waals surface area (Å²) in [6.07, 6.45) is 0.358. The summed E-state index contributed by atoms with van der Waals surface area (Å²) in [5.41, 5.74) is 2.69. The second-order valence-corrected chi connectivity index (χ2v) is 6.73. The van der Waals surface area contributed by atoms with Crippen molar-refractivity contribution >= 4 is 11.6 Å². The number of amides is 1. The summed E-state index contributed by atoms with van der Waals surface area (Å²) >= 11 is 0. The molecular weight excluding hydrogens is 372 g/mol. The van der Waals surface area contributed by atoms with Crippen molar-refractivity contribution in [1.29, 1.82) is 0 Å². The van der Waals surface area contributed by atoms with Gasteiger partial charge in [-0.25, -0.2) is 0 Å². The zero-order valence-corrected chi connectivity index (χ0v) is 17.0. The van der Waals surface area contributed by atoms with E-state index in [4.69, 9.17) is 19.0 Å². The molecule has 3 rings (SSSR count). The number of nitrogens with zero attached hydrogens (tertiary/aromatic N) is 2. The van der Waals surface area contributed by atoms with Crippen LogP contribution in [0.3, 0.4) is 0 Å². The molecule has 29 heavy (non-hydrogen) atoms. The van der Waals surface area contributed by atoms with Crippen molar-refractivity contribution in [3.05, 3.63) is 59.7 Å². The quantitative estimate of drug-likeness (QED) is 0.650. The fourth-order valence-corrected chi connectivity index (χ4v) is 3.27. The molecule has 7 heteroatoms. The van der Waals surface area contributed by atoms with Gasteiger partial charge in [0.15, 0.2) is 6.10 Å². The molecule has 0 spiro atoms. The van der Waals surface area contributed by atoms with Gasteiger partial charge in [0.05, 0.1) is 26.5 Å². The Balaban J connectivity index is 1.69. The Morgan fingerprint density at radius 3 is 2.72 bits per heavy atom. The molecule has 1 aliphatic rings. The molecule has 1 amide bonds. The van der Waals surface area contributed by atoms with E-state index in [1.165, 1.54) is 7.11 Å². The summed E-state index contributed by atoms with van der Waals surface area (Å²) in [6.45, 7) is 0.849. The van der Waals surface area contributed by atoms with Crippen LogP contribution in [0.2, 0.25) is 0 Å². The van der Waals surface area contributed by atoms with Gasteiger partial charge in [-0.15, -0.1) is 0 Å². The van der Waals surface area contributed by atoms with Crippen molar-refractivity contribution in [2.24, 2.45) is 5.16 Å². The van der Waals surface area contributed by atoms with Crippen LogP contribution in [0, 0.1) is 0 Å². The van der Waals surface area contributed by atoms with Gasteiger partial charge in [0.1, 0.15) is 18.1 Å². The van der Waals surface area contributed by atoms with E-state index in [0.717, 1.165) is 28.3 Å². The first-order chi connectivity index (χ1) is 14.1. The lowest BCUT2D eigenvalue weighted by atomic mass is 10.0. The molecular formula is C22H26N2O5. The van der Waals surface area contributed by atoms with Crippen molar-refractivity contribution in [3.8, 4) is 11.5 Å². The first-order valence-corrected chi connectivity index (χ1v) is 9.40. The lowest BCUT2D eigenvalue weighted by Gasteiger charge is -2.25. The first-order valence-electron chi connectivity index (χ1n) is 9.40. The van der Waals surface area contributed by atoms with Crippen LogP contribution >= 0.6 is 0 Å². The van der Waals surface area contributed by atoms with Crippen LogP contribution in [-0.2, 0) is 20.9 Å². The molecule has 0 bridgehead atoms. The van der Waals surface area contributed by atoms with Gasteiger partial charge in [-0.1, -0.05) is 29.4 Å². The lowest BCUT2D eigenvalue weighted by molar-refractivity contribution is -0.137. The van der Waals surface area contributed by atoms with Crippen LogP contribution in [0.15, 0.2) is 53.7 Å². The number of carbonyl (C=O) groups excluding carboxylic acids is 1. The summed E-state index contributed by atoms with van der Waals surface area (Å²) in [7, 11) is 4.76. The van der Waals surface area contributed by atoms with Crippen molar-refractivity contribution in [3.63, 3.8) is 0 Å². The van der Waals surface area contributed by atoms with Gasteiger partial charge in [0.25, 0.3) is 0 Å². The highest BCUT2D eigenvalue weighted by molar-refractivity contribution is 6.03. The summed E-state index contributed by atoms with van der Waals surface area (Å²) in [4.78, 5) is 20.0. The molecule has 0 aromatic heterocycles. The predicted octanol–water partition coefficient (Wildman–Crippen LogP) is 2.87. The van der Waals surface area contributed by atoms with Gasteiger partial charge in [0, 0.05) is 25.6 Å². The Morgan fingerprint density at radius 2 is 1.97 bits per heavy atom. The number of hydrogen-bond donors (Lipinski definition) is 0. The Bertz CT molecular complexity index is 868. The fraction of sp³-hybridized carbons (Fsp3) is 0.364. The summed E-state index contributed by atoms with van der Waals surface area (Å²) < 4.78 is 15.7. The summed E-state index contributed by atoms with van der Waals surface area (Å²) in [5, 5.41) is 4.24. The highest BCUT2D eigenvalue weighted by Crippen LogP contribution is 2.25. The summed E-state index contributed by atoms with van der Waals surface area (Å²) in [5.74, 6) is 1.39. The number of rotatable bonds is 9. The smallest absolute Gasteiger partial charge is 0.248 e. The highest BCUT2D eigenvalue weighted by atomic mass is 16.6. The maximum Gasteiger partial charge on any atom is 0.248 e. The molecule has 1 atom stereocenters. The minimum atomic E-state index is -0.235. The number of oxime groups is 1. The summed E-state index contributed by atoms with van der Waals surface area (Å²) in [6, 6.07) is 15.3. The topological polar surface area (TPSA) is 69.6 Å². The molecule has 1 unspecified atom stereocenters. The average molecular weight is 398 g/mol. The second-order valence-electron chi connectivity index (χ2n) is 6.73. The molecule has 2 aromatic carbocycles. The largest absolute Gasteiger partial charge is 0.497 e. The van der Waals surface area contributed by atoms with Crippen molar-refractivity contribution in [2.75, 3.05) is 34.5 Å². The zero-order valence-electron chi connectivity index (χ0n) is 17.0. The normalized spacial score (nSPS) is 15.4. The predicted molar refractivity (Wildman–Crippen MR) is 109 cm³/mol. The molecule has 2 aromatic rings. The van der Waals surface area contributed by atoms with Gasteiger partial charge in [-0.05, 0) is 29.8 Å². The van der Waals surface area contributed by atoms with Crippen LogP contribution in [-0.4, -0.2) is 57.1 Å². The standard InChI is InChI=1S/C22H26N2O5/c1-26-15-22(25)24(13-16-7-6-8-17(11-16)27-2)14-18-12-20(23-29-18)19-9-4-5-10-21(19)28-3/h4-11,18H,12-15H2,1-3H3. The van der Waals surface area contributed by atoms with E-state index in [1.54, 1.807) is 19.1 Å². The molecule has 1 aliphatic heterocycles. The first kappa shape index (κ1) is 20.7. The third kappa shape index (κ3) is 5.26. The van der Waals surface area contributed by atoms with Gasteiger partial charge in [-0.2, -0.15) is 0 Å². The Kier molecular flexibility index (Phi) is 7.08. The Morgan fingerprint density at radius 1 is 1.14 bits per heavy atom. The van der Waals surface area contributed by atoms with E-state index >= 15 is 0 Å². The van der Waals surface area contributed by atoms with Gasteiger partial charge >= 0.3 is 0 Å². The van der Waals surface area contributed by atoms with Crippen LogP contribution in [0.25, 0.3) is 0 Å². The third-order valence-corrected chi connectivity index (χ3v) is 4.70. The van der Waals surface area contributed by atoms with Crippen molar-refractivity contribution in [2.45, 2.75) is 19.1 Å². The van der Waals surface area contributed by atoms with E-state index in [0.29, 0.717) is 19.5 Å². The number of para-hydroxylation sites is 1. The van der Waals surface area contributed by atoms with E-state index < -0.39 is 0 Å². The number of carbonyl (C=O) groups is 1. The Hall–Kier alpha value is -3.06. The molecule has 0 N–H and O–H groups in total. The number of ether oxygens (including phenoxy) is 3. The van der Waals surface area contributed by atoms with Gasteiger partial charge in [0.2, 0.25) is 5.91 Å². The lowest BCUT2D eigenvalue weighted by Crippen LogP contribution is -2.39. The number of hydrogen-bond acceptors (Lipinski definition) is 6.